The van der Waals surface area contributed by atoms with Gasteiger partial charge in [-0.3, -0.25) is 4.79 Å². The highest BCUT2D eigenvalue weighted by atomic mass is 19.1. The second-order valence-electron chi connectivity index (χ2n) is 5.87. The maximum absolute atomic E-state index is 13.7. The van der Waals surface area contributed by atoms with Crippen LogP contribution in [0, 0.1) is 5.82 Å². The Morgan fingerprint density at radius 3 is 2.19 bits per heavy atom. The highest BCUT2D eigenvalue weighted by molar-refractivity contribution is 5.76. The third-order valence-electron chi connectivity index (χ3n) is 4.14. The van der Waals surface area contributed by atoms with Gasteiger partial charge in [0.2, 0.25) is 11.7 Å². The molecular formula is C20H24FNO4. The number of nitrogens with zero attached hydrogens (tertiary/aromatic N) is 1. The number of carbonyl (C=O) groups excluding carboxylic acids is 1. The van der Waals surface area contributed by atoms with Gasteiger partial charge >= 0.3 is 0 Å². The van der Waals surface area contributed by atoms with E-state index in [0.717, 1.165) is 5.56 Å². The van der Waals surface area contributed by atoms with Crippen LogP contribution in [0.3, 0.4) is 0 Å². The molecule has 0 unspecified atom stereocenters. The minimum Gasteiger partial charge on any atom is -0.493 e. The first-order valence-electron chi connectivity index (χ1n) is 8.26. The number of benzene rings is 2. The lowest BCUT2D eigenvalue weighted by Gasteiger charge is -2.18. The van der Waals surface area contributed by atoms with Gasteiger partial charge < -0.3 is 19.1 Å². The van der Waals surface area contributed by atoms with Crippen molar-refractivity contribution in [2.45, 2.75) is 19.4 Å². The normalized spacial score (nSPS) is 10.3. The van der Waals surface area contributed by atoms with Crippen molar-refractivity contribution >= 4 is 5.91 Å². The molecule has 0 saturated carbocycles. The highest BCUT2D eigenvalue weighted by Crippen LogP contribution is 2.38. The highest BCUT2D eigenvalue weighted by Gasteiger charge is 2.15. The van der Waals surface area contributed by atoms with Gasteiger partial charge in [0.25, 0.3) is 0 Å². The van der Waals surface area contributed by atoms with Crippen molar-refractivity contribution < 1.29 is 23.4 Å². The number of hydrogen-bond donors (Lipinski definition) is 0. The molecule has 0 N–H and O–H groups in total. The van der Waals surface area contributed by atoms with Gasteiger partial charge in [0.15, 0.2) is 11.5 Å². The van der Waals surface area contributed by atoms with E-state index in [0.29, 0.717) is 35.7 Å². The molecule has 26 heavy (non-hydrogen) atoms. The first-order valence-corrected chi connectivity index (χ1v) is 8.26. The summed E-state index contributed by atoms with van der Waals surface area (Å²) in [6.45, 7) is 0.237. The van der Waals surface area contributed by atoms with E-state index in [1.165, 1.54) is 11.0 Å². The van der Waals surface area contributed by atoms with Gasteiger partial charge in [-0.2, -0.15) is 0 Å². The molecule has 2 aromatic carbocycles. The zero-order chi connectivity index (χ0) is 19.1. The number of aryl methyl sites for hydroxylation is 1. The van der Waals surface area contributed by atoms with E-state index in [1.807, 2.05) is 12.1 Å². The molecule has 0 atom stereocenters. The van der Waals surface area contributed by atoms with E-state index >= 15 is 0 Å². The lowest BCUT2D eigenvalue weighted by atomic mass is 10.1. The Kier molecular flexibility index (Phi) is 6.83. The van der Waals surface area contributed by atoms with Crippen LogP contribution in [0.1, 0.15) is 17.5 Å². The van der Waals surface area contributed by atoms with Crippen LogP contribution in [0.4, 0.5) is 4.39 Å². The summed E-state index contributed by atoms with van der Waals surface area (Å²) in [6, 6.07) is 10.1. The van der Waals surface area contributed by atoms with Crippen LogP contribution in [0.2, 0.25) is 0 Å². The zero-order valence-electron chi connectivity index (χ0n) is 15.5. The van der Waals surface area contributed by atoms with Crippen molar-refractivity contribution in [3.63, 3.8) is 0 Å². The maximum Gasteiger partial charge on any atom is 0.222 e. The standard InChI is InChI=1S/C20H24FNO4/c1-22(13-15-7-5-6-8-16(15)21)19(23)10-9-14-11-17(24-2)20(26-4)18(12-14)25-3/h5-8,11-12H,9-10,13H2,1-4H3. The Morgan fingerprint density at radius 1 is 1.04 bits per heavy atom. The minimum absolute atomic E-state index is 0.0676. The summed E-state index contributed by atoms with van der Waals surface area (Å²) < 4.78 is 29.7. The third kappa shape index (κ3) is 4.65. The van der Waals surface area contributed by atoms with Crippen LogP contribution in [-0.4, -0.2) is 39.2 Å². The second kappa shape index (κ2) is 9.08. The van der Waals surface area contributed by atoms with Crippen molar-refractivity contribution in [3.8, 4) is 17.2 Å². The van der Waals surface area contributed by atoms with Crippen molar-refractivity contribution in [3.05, 3.63) is 53.3 Å². The molecule has 0 spiro atoms. The lowest BCUT2D eigenvalue weighted by molar-refractivity contribution is -0.130. The lowest BCUT2D eigenvalue weighted by Crippen LogP contribution is -2.26. The Bertz CT molecular complexity index is 738. The predicted molar refractivity (Wildman–Crippen MR) is 97.3 cm³/mol. The molecule has 0 aromatic heterocycles. The van der Waals surface area contributed by atoms with Crippen molar-refractivity contribution in [1.29, 1.82) is 0 Å². The fourth-order valence-electron chi connectivity index (χ4n) is 2.69. The van der Waals surface area contributed by atoms with Gasteiger partial charge in [0, 0.05) is 25.6 Å². The van der Waals surface area contributed by atoms with E-state index < -0.39 is 0 Å². The van der Waals surface area contributed by atoms with E-state index in [1.54, 1.807) is 46.6 Å². The number of amides is 1. The fourth-order valence-corrected chi connectivity index (χ4v) is 2.69. The largest absolute Gasteiger partial charge is 0.493 e. The summed E-state index contributed by atoms with van der Waals surface area (Å²) in [4.78, 5) is 13.9. The molecule has 0 aliphatic heterocycles. The van der Waals surface area contributed by atoms with Crippen LogP contribution < -0.4 is 14.2 Å². The number of halogens is 1. The summed E-state index contributed by atoms with van der Waals surface area (Å²) in [5.74, 6) is 1.24. The molecule has 6 heteroatoms. The molecule has 2 rings (SSSR count). The Morgan fingerprint density at radius 2 is 1.65 bits per heavy atom. The quantitative estimate of drug-likeness (QED) is 0.723. The fraction of sp³-hybridized carbons (Fsp3) is 0.350. The Labute approximate surface area is 153 Å². The van der Waals surface area contributed by atoms with Crippen molar-refractivity contribution in [2.24, 2.45) is 0 Å². The van der Waals surface area contributed by atoms with Gasteiger partial charge in [0.1, 0.15) is 5.82 Å². The van der Waals surface area contributed by atoms with Crippen LogP contribution in [0.15, 0.2) is 36.4 Å². The molecule has 0 aliphatic carbocycles. The van der Waals surface area contributed by atoms with E-state index in [4.69, 9.17) is 14.2 Å². The van der Waals surface area contributed by atoms with Crippen LogP contribution >= 0.6 is 0 Å². The summed E-state index contributed by atoms with van der Waals surface area (Å²) in [6.07, 6.45) is 0.806. The molecule has 0 bridgehead atoms. The molecule has 0 fully saturated rings. The third-order valence-corrected chi connectivity index (χ3v) is 4.14. The molecule has 0 saturated heterocycles. The second-order valence-corrected chi connectivity index (χ2v) is 5.87. The summed E-state index contributed by atoms with van der Waals surface area (Å²) in [5.41, 5.74) is 1.39. The maximum atomic E-state index is 13.7. The van der Waals surface area contributed by atoms with Gasteiger partial charge in [-0.25, -0.2) is 4.39 Å². The SMILES string of the molecule is COc1cc(CCC(=O)N(C)Cc2ccccc2F)cc(OC)c1OC. The number of carbonyl (C=O) groups is 1. The first kappa shape index (κ1) is 19.6. The monoisotopic (exact) mass is 361 g/mol. The van der Waals surface area contributed by atoms with Gasteiger partial charge in [-0.1, -0.05) is 18.2 Å². The zero-order valence-corrected chi connectivity index (χ0v) is 15.5. The minimum atomic E-state index is -0.309. The predicted octanol–water partition coefficient (Wildman–Crippen LogP) is 3.44. The van der Waals surface area contributed by atoms with E-state index in [9.17, 15) is 9.18 Å². The summed E-state index contributed by atoms with van der Waals surface area (Å²) >= 11 is 0. The molecular weight excluding hydrogens is 337 g/mol. The van der Waals surface area contributed by atoms with Gasteiger partial charge in [-0.05, 0) is 30.2 Å². The molecule has 0 heterocycles. The number of methoxy groups -OCH3 is 3. The topological polar surface area (TPSA) is 48.0 Å². The number of ether oxygens (including phenoxy) is 3. The average Bonchev–Trinajstić information content (AvgIpc) is 2.66. The molecule has 5 nitrogen and oxygen atoms in total. The molecule has 140 valence electrons. The summed E-state index contributed by atoms with van der Waals surface area (Å²) in [7, 11) is 6.31. The summed E-state index contributed by atoms with van der Waals surface area (Å²) in [5, 5.41) is 0. The average molecular weight is 361 g/mol. The van der Waals surface area contributed by atoms with Crippen LogP contribution in [0.25, 0.3) is 0 Å². The smallest absolute Gasteiger partial charge is 0.222 e. The van der Waals surface area contributed by atoms with Crippen LogP contribution in [-0.2, 0) is 17.8 Å². The van der Waals surface area contributed by atoms with Crippen molar-refractivity contribution in [1.82, 2.24) is 4.90 Å². The van der Waals surface area contributed by atoms with E-state index in [-0.39, 0.29) is 18.3 Å². The van der Waals surface area contributed by atoms with Gasteiger partial charge in [-0.15, -0.1) is 0 Å². The van der Waals surface area contributed by atoms with E-state index in [2.05, 4.69) is 0 Å². The Balaban J connectivity index is 2.03. The van der Waals surface area contributed by atoms with Crippen molar-refractivity contribution in [2.75, 3.05) is 28.4 Å². The Hall–Kier alpha value is -2.76. The van der Waals surface area contributed by atoms with Crippen LogP contribution in [0.5, 0.6) is 17.2 Å². The molecule has 2 aromatic rings. The number of rotatable bonds is 8. The first-order chi connectivity index (χ1) is 12.5. The molecule has 0 aliphatic rings. The molecule has 1 amide bonds. The molecule has 0 radical (unpaired) electrons. The number of hydrogen-bond acceptors (Lipinski definition) is 4. The van der Waals surface area contributed by atoms with Gasteiger partial charge in [0.05, 0.1) is 21.3 Å².